The fourth-order valence-corrected chi connectivity index (χ4v) is 3.07. The molecule has 1 atom stereocenters. The highest BCUT2D eigenvalue weighted by atomic mass is 16.2. The predicted octanol–water partition coefficient (Wildman–Crippen LogP) is 2.19. The molecule has 1 saturated heterocycles. The van der Waals surface area contributed by atoms with Crippen molar-refractivity contribution < 1.29 is 4.79 Å². The molecule has 1 fully saturated rings. The number of piperidine rings is 1. The molecule has 3 nitrogen and oxygen atoms in total. The van der Waals surface area contributed by atoms with Gasteiger partial charge in [0.25, 0.3) is 0 Å². The minimum absolute atomic E-state index is 0.267. The Kier molecular flexibility index (Phi) is 5.24. The van der Waals surface area contributed by atoms with Crippen molar-refractivity contribution in [1.29, 1.82) is 0 Å². The highest BCUT2D eigenvalue weighted by Gasteiger charge is 2.27. The largest absolute Gasteiger partial charge is 0.342 e. The van der Waals surface area contributed by atoms with Crippen molar-refractivity contribution in [3.63, 3.8) is 0 Å². The van der Waals surface area contributed by atoms with E-state index < -0.39 is 0 Å². The van der Waals surface area contributed by atoms with Crippen molar-refractivity contribution in [3.05, 3.63) is 12.2 Å². The van der Waals surface area contributed by atoms with Gasteiger partial charge in [0, 0.05) is 19.0 Å². The summed E-state index contributed by atoms with van der Waals surface area (Å²) in [5, 5.41) is 3.21. The SMILES string of the molecule is CNCCC1CCN(C(=O)C2CC=CCC2)CC1. The second kappa shape index (κ2) is 6.93. The Morgan fingerprint density at radius 3 is 2.67 bits per heavy atom. The van der Waals surface area contributed by atoms with Crippen LogP contribution in [0.1, 0.15) is 38.5 Å². The van der Waals surface area contributed by atoms with Crippen molar-refractivity contribution in [2.45, 2.75) is 38.5 Å². The van der Waals surface area contributed by atoms with Crippen LogP contribution < -0.4 is 5.32 Å². The van der Waals surface area contributed by atoms with Gasteiger partial charge >= 0.3 is 0 Å². The molecule has 1 heterocycles. The molecule has 0 bridgehead atoms. The third-order valence-electron chi connectivity index (χ3n) is 4.35. The predicted molar refractivity (Wildman–Crippen MR) is 74.3 cm³/mol. The zero-order chi connectivity index (χ0) is 12.8. The average molecular weight is 250 g/mol. The Morgan fingerprint density at radius 1 is 1.28 bits per heavy atom. The van der Waals surface area contributed by atoms with E-state index in [-0.39, 0.29) is 5.92 Å². The standard InChI is InChI=1S/C15H26N2O/c1-16-10-7-13-8-11-17(12-9-13)15(18)14-5-3-2-4-6-14/h2-3,13-14,16H,4-12H2,1H3. The van der Waals surface area contributed by atoms with Crippen molar-refractivity contribution in [2.75, 3.05) is 26.7 Å². The number of hydrogen-bond acceptors (Lipinski definition) is 2. The lowest BCUT2D eigenvalue weighted by Gasteiger charge is -2.34. The maximum absolute atomic E-state index is 12.4. The fourth-order valence-electron chi connectivity index (χ4n) is 3.07. The molecular weight excluding hydrogens is 224 g/mol. The van der Waals surface area contributed by atoms with Gasteiger partial charge in [-0.05, 0) is 58.0 Å². The number of nitrogens with zero attached hydrogens (tertiary/aromatic N) is 1. The first kappa shape index (κ1) is 13.6. The van der Waals surface area contributed by atoms with Crippen molar-refractivity contribution in [1.82, 2.24) is 10.2 Å². The number of allylic oxidation sites excluding steroid dienone is 2. The first-order valence-corrected chi connectivity index (χ1v) is 7.39. The van der Waals surface area contributed by atoms with Crippen molar-refractivity contribution in [2.24, 2.45) is 11.8 Å². The van der Waals surface area contributed by atoms with Crippen LogP contribution in [0.15, 0.2) is 12.2 Å². The molecule has 18 heavy (non-hydrogen) atoms. The lowest BCUT2D eigenvalue weighted by atomic mass is 9.90. The van der Waals surface area contributed by atoms with Gasteiger partial charge in [0.15, 0.2) is 0 Å². The Hall–Kier alpha value is -0.830. The first-order valence-electron chi connectivity index (χ1n) is 7.39. The summed E-state index contributed by atoms with van der Waals surface area (Å²) in [5.74, 6) is 1.49. The van der Waals surface area contributed by atoms with Crippen LogP contribution in [0.3, 0.4) is 0 Å². The van der Waals surface area contributed by atoms with E-state index in [0.29, 0.717) is 5.91 Å². The second-order valence-corrected chi connectivity index (χ2v) is 5.64. The van der Waals surface area contributed by atoms with Crippen LogP contribution >= 0.6 is 0 Å². The monoisotopic (exact) mass is 250 g/mol. The van der Waals surface area contributed by atoms with Crippen molar-refractivity contribution >= 4 is 5.91 Å². The van der Waals surface area contributed by atoms with E-state index in [2.05, 4.69) is 22.4 Å². The maximum atomic E-state index is 12.4. The summed E-state index contributed by atoms with van der Waals surface area (Å²) in [6.07, 6.45) is 11.1. The van der Waals surface area contributed by atoms with E-state index in [0.717, 1.165) is 44.8 Å². The molecular formula is C15H26N2O. The van der Waals surface area contributed by atoms with E-state index in [1.54, 1.807) is 0 Å². The van der Waals surface area contributed by atoms with Gasteiger partial charge in [-0.1, -0.05) is 12.2 Å². The molecule has 0 saturated carbocycles. The number of likely N-dealkylation sites (tertiary alicyclic amines) is 1. The van der Waals surface area contributed by atoms with Crippen molar-refractivity contribution in [3.8, 4) is 0 Å². The molecule has 1 amide bonds. The van der Waals surface area contributed by atoms with Gasteiger partial charge in [-0.2, -0.15) is 0 Å². The van der Waals surface area contributed by atoms with E-state index in [1.165, 1.54) is 19.3 Å². The van der Waals surface area contributed by atoms with Crippen LogP contribution in [-0.2, 0) is 4.79 Å². The van der Waals surface area contributed by atoms with E-state index in [1.807, 2.05) is 7.05 Å². The molecule has 1 unspecified atom stereocenters. The molecule has 0 radical (unpaired) electrons. The lowest BCUT2D eigenvalue weighted by Crippen LogP contribution is -2.42. The van der Waals surface area contributed by atoms with Crippen LogP contribution in [0.5, 0.6) is 0 Å². The van der Waals surface area contributed by atoms with Gasteiger partial charge in [0.05, 0.1) is 0 Å². The molecule has 0 aromatic carbocycles. The number of amides is 1. The highest BCUT2D eigenvalue weighted by Crippen LogP contribution is 2.25. The number of rotatable bonds is 4. The zero-order valence-corrected chi connectivity index (χ0v) is 11.5. The summed E-state index contributed by atoms with van der Waals surface area (Å²) in [6, 6.07) is 0. The number of hydrogen-bond donors (Lipinski definition) is 1. The van der Waals surface area contributed by atoms with Gasteiger partial charge in [-0.15, -0.1) is 0 Å². The minimum atomic E-state index is 0.267. The summed E-state index contributed by atoms with van der Waals surface area (Å²) in [5.41, 5.74) is 0. The van der Waals surface area contributed by atoms with Gasteiger partial charge in [-0.3, -0.25) is 4.79 Å². The van der Waals surface area contributed by atoms with Crippen LogP contribution in [0.4, 0.5) is 0 Å². The molecule has 3 heteroatoms. The molecule has 0 spiro atoms. The lowest BCUT2D eigenvalue weighted by molar-refractivity contribution is -0.137. The first-order chi connectivity index (χ1) is 8.81. The number of carbonyl (C=O) groups excluding carboxylic acids is 1. The zero-order valence-electron chi connectivity index (χ0n) is 11.5. The molecule has 2 aliphatic rings. The molecule has 102 valence electrons. The smallest absolute Gasteiger partial charge is 0.226 e. The maximum Gasteiger partial charge on any atom is 0.226 e. The summed E-state index contributed by atoms with van der Waals surface area (Å²) in [4.78, 5) is 14.5. The summed E-state index contributed by atoms with van der Waals surface area (Å²) in [6.45, 7) is 3.06. The fraction of sp³-hybridized carbons (Fsp3) is 0.800. The number of nitrogens with one attached hydrogen (secondary N) is 1. The normalized spacial score (nSPS) is 25.4. The molecule has 0 aromatic rings. The Morgan fingerprint density at radius 2 is 2.06 bits per heavy atom. The molecule has 1 aliphatic carbocycles. The minimum Gasteiger partial charge on any atom is -0.342 e. The highest BCUT2D eigenvalue weighted by molar-refractivity contribution is 5.79. The Balaban J connectivity index is 1.75. The van der Waals surface area contributed by atoms with E-state index in [4.69, 9.17) is 0 Å². The summed E-state index contributed by atoms with van der Waals surface area (Å²) < 4.78 is 0. The van der Waals surface area contributed by atoms with E-state index in [9.17, 15) is 4.79 Å². The summed E-state index contributed by atoms with van der Waals surface area (Å²) in [7, 11) is 2.01. The number of carbonyl (C=O) groups is 1. The summed E-state index contributed by atoms with van der Waals surface area (Å²) >= 11 is 0. The van der Waals surface area contributed by atoms with Gasteiger partial charge in [0.2, 0.25) is 5.91 Å². The third-order valence-corrected chi connectivity index (χ3v) is 4.35. The Labute approximate surface area is 111 Å². The molecule has 2 rings (SSSR count). The average Bonchev–Trinajstić information content (AvgIpc) is 2.46. The third kappa shape index (κ3) is 3.58. The van der Waals surface area contributed by atoms with Crippen LogP contribution in [0.25, 0.3) is 0 Å². The molecule has 1 N–H and O–H groups in total. The topological polar surface area (TPSA) is 32.3 Å². The van der Waals surface area contributed by atoms with Crippen LogP contribution in [0, 0.1) is 11.8 Å². The Bertz CT molecular complexity index is 293. The second-order valence-electron chi connectivity index (χ2n) is 5.64. The quantitative estimate of drug-likeness (QED) is 0.776. The van der Waals surface area contributed by atoms with Gasteiger partial charge in [0.1, 0.15) is 0 Å². The van der Waals surface area contributed by atoms with Crippen LogP contribution in [0.2, 0.25) is 0 Å². The van der Waals surface area contributed by atoms with Crippen LogP contribution in [-0.4, -0.2) is 37.5 Å². The molecule has 0 aromatic heterocycles. The van der Waals surface area contributed by atoms with E-state index >= 15 is 0 Å². The van der Waals surface area contributed by atoms with Gasteiger partial charge in [-0.25, -0.2) is 0 Å². The molecule has 1 aliphatic heterocycles. The van der Waals surface area contributed by atoms with Gasteiger partial charge < -0.3 is 10.2 Å².